The number of nitrogens with zero attached hydrogens (tertiary/aromatic N) is 2. The predicted molar refractivity (Wildman–Crippen MR) is 58.7 cm³/mol. The smallest absolute Gasteiger partial charge is 0.203 e. The minimum absolute atomic E-state index is 0.124. The zero-order chi connectivity index (χ0) is 10.6. The number of aromatic nitrogens is 2. The van der Waals surface area contributed by atoms with Crippen molar-refractivity contribution in [1.82, 2.24) is 9.36 Å². The quantitative estimate of drug-likeness (QED) is 0.786. The Morgan fingerprint density at radius 2 is 2.07 bits per heavy atom. The maximum Gasteiger partial charge on any atom is 0.203 e. The van der Waals surface area contributed by atoms with Crippen molar-refractivity contribution in [2.24, 2.45) is 0 Å². The molecule has 0 spiro atoms. The molecule has 0 saturated heterocycles. The molecule has 5 heteroatoms. The van der Waals surface area contributed by atoms with Crippen LogP contribution in [0.3, 0.4) is 0 Å². The highest BCUT2D eigenvalue weighted by atomic mass is 32.1. The fourth-order valence-corrected chi connectivity index (χ4v) is 1.96. The normalized spacial score (nSPS) is 11.7. The lowest BCUT2D eigenvalue weighted by atomic mass is 9.94. The Morgan fingerprint density at radius 1 is 1.43 bits per heavy atom. The third-order valence-corrected chi connectivity index (χ3v) is 3.28. The van der Waals surface area contributed by atoms with E-state index in [0.29, 0.717) is 0 Å². The first-order valence-corrected chi connectivity index (χ1v) is 5.62. The van der Waals surface area contributed by atoms with E-state index in [1.165, 1.54) is 11.5 Å². The van der Waals surface area contributed by atoms with Gasteiger partial charge in [-0.15, -0.1) is 0 Å². The number of aryl methyl sites for hydroxylation is 1. The third kappa shape index (κ3) is 2.42. The van der Waals surface area contributed by atoms with Crippen LogP contribution in [-0.4, -0.2) is 26.6 Å². The molecule has 1 aromatic heterocycles. The lowest BCUT2D eigenvalue weighted by Crippen LogP contribution is -2.40. The molecule has 0 saturated carbocycles. The third-order valence-electron chi connectivity index (χ3n) is 2.56. The lowest BCUT2D eigenvalue weighted by Gasteiger charge is -2.30. The summed E-state index contributed by atoms with van der Waals surface area (Å²) in [4.78, 5) is 4.22. The molecule has 1 rings (SSSR count). The van der Waals surface area contributed by atoms with Gasteiger partial charge in [-0.1, -0.05) is 13.8 Å². The van der Waals surface area contributed by atoms with Crippen LogP contribution in [0.15, 0.2) is 0 Å². The van der Waals surface area contributed by atoms with E-state index in [2.05, 4.69) is 28.5 Å². The molecule has 0 radical (unpaired) electrons. The van der Waals surface area contributed by atoms with Gasteiger partial charge < -0.3 is 10.4 Å². The molecule has 0 amide bonds. The van der Waals surface area contributed by atoms with Crippen LogP contribution in [-0.2, 0) is 0 Å². The van der Waals surface area contributed by atoms with E-state index in [1.807, 2.05) is 6.92 Å². The molecule has 4 nitrogen and oxygen atoms in total. The minimum atomic E-state index is -0.244. The van der Waals surface area contributed by atoms with E-state index in [4.69, 9.17) is 0 Å². The summed E-state index contributed by atoms with van der Waals surface area (Å²) in [6.07, 6.45) is 1.75. The highest BCUT2D eigenvalue weighted by molar-refractivity contribution is 7.09. The van der Waals surface area contributed by atoms with E-state index in [1.54, 1.807) is 0 Å². The fourth-order valence-electron chi connectivity index (χ4n) is 1.26. The van der Waals surface area contributed by atoms with Crippen LogP contribution in [0.25, 0.3) is 0 Å². The van der Waals surface area contributed by atoms with E-state index < -0.39 is 0 Å². The Balaban J connectivity index is 2.73. The molecule has 0 aliphatic carbocycles. The largest absolute Gasteiger partial charge is 0.394 e. The maximum atomic E-state index is 9.34. The van der Waals surface area contributed by atoms with Gasteiger partial charge in [-0.2, -0.15) is 4.37 Å². The number of nitrogens with one attached hydrogen (secondary N) is 1. The second-order valence-corrected chi connectivity index (χ2v) is 4.17. The molecule has 14 heavy (non-hydrogen) atoms. The monoisotopic (exact) mass is 215 g/mol. The molecule has 2 N–H and O–H groups in total. The van der Waals surface area contributed by atoms with Crippen LogP contribution in [0.2, 0.25) is 0 Å². The van der Waals surface area contributed by atoms with Crippen molar-refractivity contribution < 1.29 is 5.11 Å². The summed E-state index contributed by atoms with van der Waals surface area (Å²) in [6.45, 7) is 6.10. The molecule has 1 aromatic rings. The van der Waals surface area contributed by atoms with Gasteiger partial charge in [0.2, 0.25) is 5.13 Å². The minimum Gasteiger partial charge on any atom is -0.394 e. The fraction of sp³-hybridized carbons (Fsp3) is 0.778. The summed E-state index contributed by atoms with van der Waals surface area (Å²) in [5, 5.41) is 13.4. The van der Waals surface area contributed by atoms with Crippen molar-refractivity contribution >= 4 is 16.7 Å². The molecular formula is C9H17N3OS. The van der Waals surface area contributed by atoms with Crippen LogP contribution >= 0.6 is 11.5 Å². The molecule has 0 aliphatic rings. The van der Waals surface area contributed by atoms with Gasteiger partial charge in [0.15, 0.2) is 0 Å². The van der Waals surface area contributed by atoms with Crippen molar-refractivity contribution in [2.75, 3.05) is 11.9 Å². The number of anilines is 1. The Bertz CT molecular complexity index is 275. The van der Waals surface area contributed by atoms with Gasteiger partial charge in [-0.3, -0.25) is 0 Å². The molecule has 1 heterocycles. The highest BCUT2D eigenvalue weighted by Gasteiger charge is 2.25. The molecule has 0 fully saturated rings. The first-order chi connectivity index (χ1) is 6.65. The molecule has 80 valence electrons. The number of aliphatic hydroxyl groups is 1. The predicted octanol–water partition coefficient (Wildman–Crippen LogP) is 1.81. The van der Waals surface area contributed by atoms with Gasteiger partial charge in [0.05, 0.1) is 12.1 Å². The summed E-state index contributed by atoms with van der Waals surface area (Å²) >= 11 is 1.34. The molecule has 0 atom stereocenters. The average molecular weight is 215 g/mol. The van der Waals surface area contributed by atoms with Crippen molar-refractivity contribution in [3.05, 3.63) is 5.82 Å². The standard InChI is InChI=1S/C9H17N3OS/c1-4-9(5-2,6-13)11-8-10-7(3)12-14-8/h13H,4-6H2,1-3H3,(H,10,11,12). The van der Waals surface area contributed by atoms with Crippen molar-refractivity contribution in [3.63, 3.8) is 0 Å². The van der Waals surface area contributed by atoms with E-state index in [0.717, 1.165) is 23.8 Å². The summed E-state index contributed by atoms with van der Waals surface area (Å²) in [5.41, 5.74) is -0.244. The zero-order valence-electron chi connectivity index (χ0n) is 8.87. The van der Waals surface area contributed by atoms with Crippen molar-refractivity contribution in [3.8, 4) is 0 Å². The van der Waals surface area contributed by atoms with Crippen molar-refractivity contribution in [2.45, 2.75) is 39.2 Å². The van der Waals surface area contributed by atoms with Crippen LogP contribution < -0.4 is 5.32 Å². The van der Waals surface area contributed by atoms with E-state index >= 15 is 0 Å². The second-order valence-electron chi connectivity index (χ2n) is 3.42. The van der Waals surface area contributed by atoms with Crippen molar-refractivity contribution in [1.29, 1.82) is 0 Å². The van der Waals surface area contributed by atoms with Gasteiger partial charge in [0, 0.05) is 11.5 Å². The second kappa shape index (κ2) is 4.70. The number of hydrogen-bond acceptors (Lipinski definition) is 5. The Morgan fingerprint density at radius 3 is 2.43 bits per heavy atom. The van der Waals surface area contributed by atoms with Gasteiger partial charge >= 0.3 is 0 Å². The first kappa shape index (κ1) is 11.4. The molecule has 0 unspecified atom stereocenters. The Labute approximate surface area is 88.6 Å². The summed E-state index contributed by atoms with van der Waals surface area (Å²) in [7, 11) is 0. The van der Waals surface area contributed by atoms with Crippen LogP contribution in [0.5, 0.6) is 0 Å². The van der Waals surface area contributed by atoms with Gasteiger partial charge in [-0.25, -0.2) is 4.98 Å². The summed E-state index contributed by atoms with van der Waals surface area (Å²) in [6, 6.07) is 0. The number of aliphatic hydroxyl groups excluding tert-OH is 1. The average Bonchev–Trinajstić information content (AvgIpc) is 2.61. The number of rotatable bonds is 5. The molecule has 0 aromatic carbocycles. The maximum absolute atomic E-state index is 9.34. The van der Waals surface area contributed by atoms with Gasteiger partial charge in [-0.05, 0) is 19.8 Å². The van der Waals surface area contributed by atoms with E-state index in [-0.39, 0.29) is 12.1 Å². The van der Waals surface area contributed by atoms with Gasteiger partial charge in [0.1, 0.15) is 5.82 Å². The Kier molecular flexibility index (Phi) is 3.83. The van der Waals surface area contributed by atoms with Gasteiger partial charge in [0.25, 0.3) is 0 Å². The molecule has 0 aliphatic heterocycles. The summed E-state index contributed by atoms with van der Waals surface area (Å²) < 4.78 is 4.09. The SMILES string of the molecule is CCC(CC)(CO)Nc1nc(C)ns1. The highest BCUT2D eigenvalue weighted by Crippen LogP contribution is 2.22. The number of hydrogen-bond donors (Lipinski definition) is 2. The van der Waals surface area contributed by atoms with Crippen LogP contribution in [0.1, 0.15) is 32.5 Å². The topological polar surface area (TPSA) is 58.0 Å². The summed E-state index contributed by atoms with van der Waals surface area (Å²) in [5.74, 6) is 0.775. The zero-order valence-corrected chi connectivity index (χ0v) is 9.69. The van der Waals surface area contributed by atoms with E-state index in [9.17, 15) is 5.11 Å². The lowest BCUT2D eigenvalue weighted by molar-refractivity contribution is 0.202. The molecule has 0 bridgehead atoms. The Hall–Kier alpha value is -0.680. The van der Waals surface area contributed by atoms with Crippen LogP contribution in [0, 0.1) is 6.92 Å². The first-order valence-electron chi connectivity index (χ1n) is 4.85. The van der Waals surface area contributed by atoms with Crippen LogP contribution in [0.4, 0.5) is 5.13 Å². The molecular weight excluding hydrogens is 198 g/mol.